The van der Waals surface area contributed by atoms with Crippen LogP contribution in [-0.4, -0.2) is 31.4 Å². The molecule has 9 heteroatoms. The predicted octanol–water partition coefficient (Wildman–Crippen LogP) is 3.65. The van der Waals surface area contributed by atoms with Crippen molar-refractivity contribution < 1.29 is 9.53 Å². The molecule has 0 radical (unpaired) electrons. The monoisotopic (exact) mass is 429 g/mol. The zero-order valence-corrected chi connectivity index (χ0v) is 17.2. The molecule has 1 aromatic carbocycles. The molecule has 2 heterocycles. The molecule has 4 rings (SSSR count). The Labute approximate surface area is 177 Å². The lowest BCUT2D eigenvalue weighted by molar-refractivity contribution is -0.118. The standard InChI is InChI=1S/C20H20ClN5O2S/c21-16-6-1-2-7-17(16)28-12-18-24-25-20(26(18)15-8-9-15)29-13-19(27)23-11-14-5-3-4-10-22-14/h1-7,10,15H,8-9,11-13H2,(H,23,27). The van der Waals surface area contributed by atoms with Gasteiger partial charge in [0, 0.05) is 12.2 Å². The number of aromatic nitrogens is 4. The van der Waals surface area contributed by atoms with Gasteiger partial charge in [0.2, 0.25) is 5.91 Å². The van der Waals surface area contributed by atoms with Gasteiger partial charge in [0.15, 0.2) is 11.0 Å². The zero-order chi connectivity index (χ0) is 20.1. The first-order valence-corrected chi connectivity index (χ1v) is 10.7. The largest absolute Gasteiger partial charge is 0.484 e. The van der Waals surface area contributed by atoms with Gasteiger partial charge in [-0.05, 0) is 37.1 Å². The molecule has 1 amide bonds. The van der Waals surface area contributed by atoms with Gasteiger partial charge < -0.3 is 10.1 Å². The Morgan fingerprint density at radius 2 is 2.03 bits per heavy atom. The molecule has 1 aliphatic carbocycles. The van der Waals surface area contributed by atoms with Crippen LogP contribution in [0.4, 0.5) is 0 Å². The summed E-state index contributed by atoms with van der Waals surface area (Å²) in [5, 5.41) is 12.7. The second-order valence-electron chi connectivity index (χ2n) is 6.61. The van der Waals surface area contributed by atoms with E-state index in [0.29, 0.717) is 23.4 Å². The van der Waals surface area contributed by atoms with Crippen molar-refractivity contribution in [2.75, 3.05) is 5.75 Å². The molecule has 0 aliphatic heterocycles. The molecule has 2 aromatic heterocycles. The van der Waals surface area contributed by atoms with Crippen LogP contribution in [0, 0.1) is 0 Å². The van der Waals surface area contributed by atoms with E-state index < -0.39 is 0 Å². The van der Waals surface area contributed by atoms with Crippen molar-refractivity contribution in [3.05, 3.63) is 65.2 Å². The first kappa shape index (κ1) is 19.7. The third kappa shape index (κ3) is 5.27. The van der Waals surface area contributed by atoms with Crippen molar-refractivity contribution in [2.24, 2.45) is 0 Å². The fourth-order valence-electron chi connectivity index (χ4n) is 2.78. The Morgan fingerprint density at radius 3 is 2.79 bits per heavy atom. The van der Waals surface area contributed by atoms with Gasteiger partial charge in [0.05, 0.1) is 23.0 Å². The fourth-order valence-corrected chi connectivity index (χ4v) is 3.83. The lowest BCUT2D eigenvalue weighted by Gasteiger charge is -2.10. The van der Waals surface area contributed by atoms with Crippen LogP contribution in [0.5, 0.6) is 5.75 Å². The van der Waals surface area contributed by atoms with Gasteiger partial charge in [-0.25, -0.2) is 0 Å². The van der Waals surface area contributed by atoms with E-state index in [-0.39, 0.29) is 18.3 Å². The number of ether oxygens (including phenoxy) is 1. The maximum absolute atomic E-state index is 12.2. The number of hydrogen-bond acceptors (Lipinski definition) is 6. The van der Waals surface area contributed by atoms with E-state index in [1.54, 1.807) is 12.3 Å². The van der Waals surface area contributed by atoms with E-state index >= 15 is 0 Å². The van der Waals surface area contributed by atoms with E-state index in [9.17, 15) is 4.79 Å². The van der Waals surface area contributed by atoms with Crippen LogP contribution < -0.4 is 10.1 Å². The smallest absolute Gasteiger partial charge is 0.230 e. The summed E-state index contributed by atoms with van der Waals surface area (Å²) < 4.78 is 7.89. The summed E-state index contributed by atoms with van der Waals surface area (Å²) in [4.78, 5) is 16.4. The quantitative estimate of drug-likeness (QED) is 0.523. The number of carbonyl (C=O) groups excluding carboxylic acids is 1. The molecular weight excluding hydrogens is 410 g/mol. The number of pyridine rings is 1. The molecule has 1 aliphatic rings. The average molecular weight is 430 g/mol. The minimum Gasteiger partial charge on any atom is -0.484 e. The Bertz CT molecular complexity index is 978. The van der Waals surface area contributed by atoms with Gasteiger partial charge in [-0.15, -0.1) is 10.2 Å². The molecule has 0 unspecified atom stereocenters. The number of thioether (sulfide) groups is 1. The summed E-state index contributed by atoms with van der Waals surface area (Å²) in [5.74, 6) is 1.55. The van der Waals surface area contributed by atoms with Crippen molar-refractivity contribution in [1.29, 1.82) is 0 Å². The summed E-state index contributed by atoms with van der Waals surface area (Å²) in [5.41, 5.74) is 0.825. The minimum absolute atomic E-state index is 0.0696. The Kier molecular flexibility index (Phi) is 6.31. The van der Waals surface area contributed by atoms with Crippen molar-refractivity contribution in [3.63, 3.8) is 0 Å². The van der Waals surface area contributed by atoms with E-state index in [2.05, 4.69) is 25.1 Å². The summed E-state index contributed by atoms with van der Waals surface area (Å²) in [6.07, 6.45) is 3.87. The van der Waals surface area contributed by atoms with E-state index in [0.717, 1.165) is 29.5 Å². The SMILES string of the molecule is O=C(CSc1nnc(COc2ccccc2Cl)n1C1CC1)NCc1ccccn1. The highest BCUT2D eigenvalue weighted by Crippen LogP contribution is 2.39. The number of amides is 1. The van der Waals surface area contributed by atoms with Crippen LogP contribution in [0.2, 0.25) is 5.02 Å². The third-order valence-corrected chi connectivity index (χ3v) is 5.62. The molecule has 1 N–H and O–H groups in total. The van der Waals surface area contributed by atoms with Crippen LogP contribution in [0.25, 0.3) is 0 Å². The van der Waals surface area contributed by atoms with Crippen LogP contribution in [0.1, 0.15) is 30.4 Å². The summed E-state index contributed by atoms with van der Waals surface area (Å²) in [7, 11) is 0. The Hall–Kier alpha value is -2.58. The van der Waals surface area contributed by atoms with Gasteiger partial charge in [-0.1, -0.05) is 41.6 Å². The third-order valence-electron chi connectivity index (χ3n) is 4.37. The van der Waals surface area contributed by atoms with E-state index in [1.807, 2.05) is 36.4 Å². The molecule has 3 aromatic rings. The number of rotatable bonds is 9. The molecule has 29 heavy (non-hydrogen) atoms. The fraction of sp³-hybridized carbons (Fsp3) is 0.300. The Balaban J connectivity index is 1.34. The topological polar surface area (TPSA) is 81.9 Å². The highest BCUT2D eigenvalue weighted by atomic mass is 35.5. The molecule has 0 saturated heterocycles. The molecule has 150 valence electrons. The van der Waals surface area contributed by atoms with Gasteiger partial charge in [-0.2, -0.15) is 0 Å². The molecule has 1 fully saturated rings. The highest BCUT2D eigenvalue weighted by Gasteiger charge is 2.30. The van der Waals surface area contributed by atoms with Gasteiger partial charge in [0.1, 0.15) is 12.4 Å². The second-order valence-corrected chi connectivity index (χ2v) is 7.96. The van der Waals surface area contributed by atoms with Crippen molar-refractivity contribution >= 4 is 29.3 Å². The van der Waals surface area contributed by atoms with Gasteiger partial charge in [-0.3, -0.25) is 14.3 Å². The molecule has 7 nitrogen and oxygen atoms in total. The molecule has 0 atom stereocenters. The lowest BCUT2D eigenvalue weighted by Crippen LogP contribution is -2.25. The van der Waals surface area contributed by atoms with Crippen LogP contribution >= 0.6 is 23.4 Å². The highest BCUT2D eigenvalue weighted by molar-refractivity contribution is 7.99. The maximum atomic E-state index is 12.2. The number of nitrogens with one attached hydrogen (secondary N) is 1. The van der Waals surface area contributed by atoms with Crippen LogP contribution in [0.3, 0.4) is 0 Å². The van der Waals surface area contributed by atoms with Crippen LogP contribution in [0.15, 0.2) is 53.8 Å². The first-order chi connectivity index (χ1) is 14.2. The summed E-state index contributed by atoms with van der Waals surface area (Å²) in [6, 6.07) is 13.3. The van der Waals surface area contributed by atoms with Crippen molar-refractivity contribution in [1.82, 2.24) is 25.1 Å². The van der Waals surface area contributed by atoms with Crippen LogP contribution in [-0.2, 0) is 17.9 Å². The number of para-hydroxylation sites is 1. The summed E-state index contributed by atoms with van der Waals surface area (Å²) >= 11 is 7.53. The maximum Gasteiger partial charge on any atom is 0.230 e. The second kappa shape index (κ2) is 9.28. The number of benzene rings is 1. The number of carbonyl (C=O) groups is 1. The van der Waals surface area contributed by atoms with Crippen molar-refractivity contribution in [2.45, 2.75) is 37.2 Å². The minimum atomic E-state index is -0.0696. The number of halogens is 1. The molecule has 1 saturated carbocycles. The lowest BCUT2D eigenvalue weighted by atomic mass is 10.3. The van der Waals surface area contributed by atoms with E-state index in [4.69, 9.17) is 16.3 Å². The Morgan fingerprint density at radius 1 is 1.21 bits per heavy atom. The predicted molar refractivity (Wildman–Crippen MR) is 111 cm³/mol. The molecule has 0 bridgehead atoms. The van der Waals surface area contributed by atoms with Crippen molar-refractivity contribution in [3.8, 4) is 5.75 Å². The summed E-state index contributed by atoms with van der Waals surface area (Å²) in [6.45, 7) is 0.687. The number of nitrogens with zero attached hydrogens (tertiary/aromatic N) is 4. The molecule has 0 spiro atoms. The number of hydrogen-bond donors (Lipinski definition) is 1. The van der Waals surface area contributed by atoms with Gasteiger partial charge in [0.25, 0.3) is 0 Å². The first-order valence-electron chi connectivity index (χ1n) is 9.31. The normalized spacial score (nSPS) is 13.3. The zero-order valence-electron chi connectivity index (χ0n) is 15.6. The average Bonchev–Trinajstić information content (AvgIpc) is 3.51. The molecular formula is C20H20ClN5O2S. The van der Waals surface area contributed by atoms with E-state index in [1.165, 1.54) is 11.8 Å². The van der Waals surface area contributed by atoms with Gasteiger partial charge >= 0.3 is 0 Å².